The number of nitrogens with one attached hydrogen (secondary N) is 3. The van der Waals surface area contributed by atoms with E-state index in [1.807, 2.05) is 6.92 Å². The Kier molecular flexibility index (Phi) is 11.5. The monoisotopic (exact) mass is 658 g/mol. The predicted molar refractivity (Wildman–Crippen MR) is 167 cm³/mol. The number of aliphatic imine (C=N–C) groups is 1. The number of alkyl halides is 2. The number of aromatic nitrogens is 3. The van der Waals surface area contributed by atoms with E-state index < -0.39 is 30.0 Å². The SMILES string of the molecule is CCc1cc(Nc2nccn3c(-c4ccc(OC(F)F)c(F)c4F)cnc23)ccc1C(=O)NCCNC(=O)C(N)CCCN=C(N)N. The van der Waals surface area contributed by atoms with Crippen LogP contribution in [0.4, 0.5) is 29.1 Å². The lowest BCUT2D eigenvalue weighted by Gasteiger charge is -2.14. The van der Waals surface area contributed by atoms with E-state index in [1.54, 1.807) is 18.2 Å². The molecule has 0 aliphatic carbocycles. The zero-order valence-electron chi connectivity index (χ0n) is 25.3. The molecule has 250 valence electrons. The number of hydrogen-bond acceptors (Lipinski definition) is 8. The number of fused-ring (bicyclic) bond motifs is 1. The molecule has 13 nitrogen and oxygen atoms in total. The van der Waals surface area contributed by atoms with Gasteiger partial charge in [-0.3, -0.25) is 19.0 Å². The number of nitrogens with two attached hydrogens (primary N) is 3. The molecule has 2 heterocycles. The van der Waals surface area contributed by atoms with E-state index in [9.17, 15) is 27.2 Å². The van der Waals surface area contributed by atoms with Crippen molar-refractivity contribution in [3.8, 4) is 17.0 Å². The van der Waals surface area contributed by atoms with Gasteiger partial charge in [0.15, 0.2) is 29.0 Å². The van der Waals surface area contributed by atoms with Crippen molar-refractivity contribution >= 4 is 34.9 Å². The Hall–Kier alpha value is -5.45. The maximum Gasteiger partial charge on any atom is 0.387 e. The second-order valence-electron chi connectivity index (χ2n) is 10.2. The van der Waals surface area contributed by atoms with Gasteiger partial charge in [0.25, 0.3) is 5.91 Å². The average molecular weight is 659 g/mol. The fourth-order valence-corrected chi connectivity index (χ4v) is 4.68. The van der Waals surface area contributed by atoms with Crippen molar-refractivity contribution in [2.75, 3.05) is 25.0 Å². The quantitative estimate of drug-likeness (QED) is 0.0481. The lowest BCUT2D eigenvalue weighted by atomic mass is 10.0. The summed E-state index contributed by atoms with van der Waals surface area (Å²) >= 11 is 0. The molecule has 1 atom stereocenters. The molecule has 0 aliphatic rings. The number of aryl methyl sites for hydroxylation is 1. The van der Waals surface area contributed by atoms with Crippen LogP contribution in [0.5, 0.6) is 5.75 Å². The molecule has 47 heavy (non-hydrogen) atoms. The first-order chi connectivity index (χ1) is 22.5. The maximum atomic E-state index is 14.8. The number of anilines is 2. The fourth-order valence-electron chi connectivity index (χ4n) is 4.68. The molecule has 1 unspecified atom stereocenters. The van der Waals surface area contributed by atoms with E-state index >= 15 is 0 Å². The number of benzene rings is 2. The Labute approximate surface area is 266 Å². The van der Waals surface area contributed by atoms with Crippen LogP contribution in [0.3, 0.4) is 0 Å². The van der Waals surface area contributed by atoms with Gasteiger partial charge < -0.3 is 37.9 Å². The van der Waals surface area contributed by atoms with Crippen molar-refractivity contribution in [1.29, 1.82) is 0 Å². The normalized spacial score (nSPS) is 11.7. The number of rotatable bonds is 15. The number of carbonyl (C=O) groups excluding carboxylic acids is 2. The molecule has 0 spiro atoms. The summed E-state index contributed by atoms with van der Waals surface area (Å²) in [5.74, 6) is -4.27. The first-order valence-corrected chi connectivity index (χ1v) is 14.5. The lowest BCUT2D eigenvalue weighted by molar-refractivity contribution is -0.122. The molecule has 17 heteroatoms. The molecule has 2 aromatic carbocycles. The summed E-state index contributed by atoms with van der Waals surface area (Å²) in [6, 6.07) is 6.38. The second kappa shape index (κ2) is 15.7. The van der Waals surface area contributed by atoms with Crippen molar-refractivity contribution in [1.82, 2.24) is 25.0 Å². The van der Waals surface area contributed by atoms with Crippen molar-refractivity contribution in [2.45, 2.75) is 38.8 Å². The molecule has 0 saturated heterocycles. The van der Waals surface area contributed by atoms with Crippen LogP contribution in [0.1, 0.15) is 35.7 Å². The van der Waals surface area contributed by atoms with E-state index in [0.29, 0.717) is 37.1 Å². The molecule has 4 rings (SSSR count). The molecule has 2 amide bonds. The van der Waals surface area contributed by atoms with Crippen molar-refractivity contribution < 1.29 is 31.9 Å². The van der Waals surface area contributed by atoms with Crippen LogP contribution in [0.2, 0.25) is 0 Å². The van der Waals surface area contributed by atoms with E-state index in [1.165, 1.54) is 23.0 Å². The van der Waals surface area contributed by atoms with Gasteiger partial charge in [-0.2, -0.15) is 13.2 Å². The Balaban J connectivity index is 1.40. The average Bonchev–Trinajstić information content (AvgIpc) is 3.48. The minimum atomic E-state index is -3.31. The van der Waals surface area contributed by atoms with Gasteiger partial charge in [0.05, 0.1) is 17.9 Å². The molecule has 2 aromatic heterocycles. The minimum Gasteiger partial charge on any atom is -0.432 e. The Morgan fingerprint density at radius 1 is 1.06 bits per heavy atom. The predicted octanol–water partition coefficient (Wildman–Crippen LogP) is 2.81. The van der Waals surface area contributed by atoms with Gasteiger partial charge in [-0.05, 0) is 55.2 Å². The number of ether oxygens (including phenoxy) is 1. The Morgan fingerprint density at radius 2 is 1.83 bits per heavy atom. The van der Waals surface area contributed by atoms with E-state index in [-0.39, 0.29) is 53.6 Å². The van der Waals surface area contributed by atoms with E-state index in [4.69, 9.17) is 17.2 Å². The summed E-state index contributed by atoms with van der Waals surface area (Å²) < 4.78 is 59.8. The van der Waals surface area contributed by atoms with Gasteiger partial charge in [0.2, 0.25) is 11.7 Å². The van der Waals surface area contributed by atoms with Gasteiger partial charge in [-0.15, -0.1) is 0 Å². The van der Waals surface area contributed by atoms with Crippen LogP contribution >= 0.6 is 0 Å². The third kappa shape index (κ3) is 8.63. The zero-order valence-corrected chi connectivity index (χ0v) is 25.3. The second-order valence-corrected chi connectivity index (χ2v) is 10.2. The number of carbonyl (C=O) groups is 2. The van der Waals surface area contributed by atoms with Crippen LogP contribution in [-0.2, 0) is 11.2 Å². The standard InChI is InChI=1S/C30H34F4N10O3/c1-2-16-14-17(5-6-18(16)27(45)39-10-11-40-28(46)20(35)4-3-9-41-30(36)37)43-25-26-42-15-21(44(26)13-12-38-25)19-7-8-22(47-29(33)34)24(32)23(19)31/h5-8,12-15,20,29H,2-4,9-11,35H2,1H3,(H,38,43)(H,39,45)(H,40,46)(H4,36,37,41). The Bertz CT molecular complexity index is 1760. The summed E-state index contributed by atoms with van der Waals surface area (Å²) in [7, 11) is 0. The number of guanidine groups is 1. The maximum absolute atomic E-state index is 14.8. The topological polar surface area (TPSA) is 200 Å². The lowest BCUT2D eigenvalue weighted by Crippen LogP contribution is -2.43. The molecule has 0 radical (unpaired) electrons. The van der Waals surface area contributed by atoms with Crippen LogP contribution < -0.4 is 37.9 Å². The summed E-state index contributed by atoms with van der Waals surface area (Å²) in [4.78, 5) is 37.5. The summed E-state index contributed by atoms with van der Waals surface area (Å²) in [6.07, 6.45) is 5.66. The Morgan fingerprint density at radius 3 is 2.55 bits per heavy atom. The summed E-state index contributed by atoms with van der Waals surface area (Å²) in [6.45, 7) is -0.704. The molecule has 9 N–H and O–H groups in total. The molecular formula is C30H34F4N10O3. The molecule has 0 bridgehead atoms. The highest BCUT2D eigenvalue weighted by Gasteiger charge is 2.21. The first kappa shape index (κ1) is 34.4. The number of halogens is 4. The third-order valence-corrected chi connectivity index (χ3v) is 6.97. The highest BCUT2D eigenvalue weighted by atomic mass is 19.3. The van der Waals surface area contributed by atoms with Crippen LogP contribution in [0.25, 0.3) is 16.9 Å². The van der Waals surface area contributed by atoms with Gasteiger partial charge in [0, 0.05) is 48.8 Å². The molecule has 0 aliphatic heterocycles. The van der Waals surface area contributed by atoms with Crippen LogP contribution in [0.15, 0.2) is 53.9 Å². The molecule has 0 fully saturated rings. The van der Waals surface area contributed by atoms with E-state index in [2.05, 4.69) is 35.6 Å². The highest BCUT2D eigenvalue weighted by molar-refractivity contribution is 5.96. The van der Waals surface area contributed by atoms with Crippen molar-refractivity contribution in [3.63, 3.8) is 0 Å². The summed E-state index contributed by atoms with van der Waals surface area (Å²) in [5.41, 5.74) is 18.3. The number of nitrogens with zero attached hydrogens (tertiary/aromatic N) is 4. The van der Waals surface area contributed by atoms with Gasteiger partial charge in [0.1, 0.15) is 0 Å². The van der Waals surface area contributed by atoms with Crippen molar-refractivity contribution in [3.05, 3.63) is 71.7 Å². The fraction of sp³-hybridized carbons (Fsp3) is 0.300. The van der Waals surface area contributed by atoms with Crippen molar-refractivity contribution in [2.24, 2.45) is 22.2 Å². The smallest absolute Gasteiger partial charge is 0.387 e. The molecular weight excluding hydrogens is 624 g/mol. The molecule has 4 aromatic rings. The number of amides is 2. The minimum absolute atomic E-state index is 0.0262. The van der Waals surface area contributed by atoms with E-state index in [0.717, 1.165) is 17.7 Å². The largest absolute Gasteiger partial charge is 0.432 e. The number of imidazole rings is 1. The number of hydrogen-bond donors (Lipinski definition) is 6. The first-order valence-electron chi connectivity index (χ1n) is 14.5. The summed E-state index contributed by atoms with van der Waals surface area (Å²) in [5, 5.41) is 8.59. The van der Waals surface area contributed by atoms with Gasteiger partial charge in [-0.25, -0.2) is 14.4 Å². The van der Waals surface area contributed by atoms with Crippen LogP contribution in [0, 0.1) is 11.6 Å². The van der Waals surface area contributed by atoms with Gasteiger partial charge in [-0.1, -0.05) is 6.92 Å². The van der Waals surface area contributed by atoms with Crippen LogP contribution in [-0.4, -0.2) is 64.4 Å². The third-order valence-electron chi connectivity index (χ3n) is 6.97. The highest BCUT2D eigenvalue weighted by Crippen LogP contribution is 2.32. The molecule has 0 saturated carbocycles. The van der Waals surface area contributed by atoms with Gasteiger partial charge >= 0.3 is 6.61 Å². The zero-order chi connectivity index (χ0) is 34.1.